The molecule has 0 fully saturated rings. The lowest BCUT2D eigenvalue weighted by atomic mass is 10.2. The fourth-order valence-corrected chi connectivity index (χ4v) is 2.60. The topological polar surface area (TPSA) is 65.1 Å². The number of nitrogens with one attached hydrogen (secondary N) is 1. The van der Waals surface area contributed by atoms with Gasteiger partial charge in [0.1, 0.15) is 4.99 Å². The van der Waals surface area contributed by atoms with Crippen LogP contribution in [0.4, 0.5) is 11.4 Å². The summed E-state index contributed by atoms with van der Waals surface area (Å²) in [6.45, 7) is 1.36. The zero-order valence-corrected chi connectivity index (χ0v) is 13.4. The minimum absolute atomic E-state index is 0.371. The third kappa shape index (κ3) is 3.78. The number of hydrogen-bond donors (Lipinski definition) is 2. The highest BCUT2D eigenvalue weighted by Gasteiger charge is 2.05. The Kier molecular flexibility index (Phi) is 5.11. The lowest BCUT2D eigenvalue weighted by molar-refractivity contribution is 0.183. The van der Waals surface area contributed by atoms with Crippen molar-refractivity contribution in [3.63, 3.8) is 0 Å². The van der Waals surface area contributed by atoms with Gasteiger partial charge in [-0.1, -0.05) is 12.2 Å². The number of hydrogen-bond acceptors (Lipinski definition) is 4. The molecule has 0 unspecified atom stereocenters. The molecule has 1 aromatic heterocycles. The minimum Gasteiger partial charge on any atom is -0.389 e. The fraction of sp³-hybridized carbons (Fsp3) is 0.231. The Labute approximate surface area is 131 Å². The molecule has 1 aromatic carbocycles. The monoisotopic (exact) mass is 354 g/mol. The molecule has 5 nitrogen and oxygen atoms in total. The molecule has 2 rings (SSSR count). The van der Waals surface area contributed by atoms with Crippen molar-refractivity contribution < 1.29 is 4.74 Å². The van der Waals surface area contributed by atoms with Gasteiger partial charge in [-0.25, -0.2) is 0 Å². The summed E-state index contributed by atoms with van der Waals surface area (Å²) < 4.78 is 7.70. The number of methoxy groups -OCH3 is 1. The smallest absolute Gasteiger partial charge is 0.105 e. The normalized spacial score (nSPS) is 10.5. The first-order chi connectivity index (χ1) is 9.60. The molecular formula is C13H15BrN4OS. The van der Waals surface area contributed by atoms with Gasteiger partial charge in [-0.05, 0) is 34.1 Å². The summed E-state index contributed by atoms with van der Waals surface area (Å²) in [4.78, 5) is 0.371. The first-order valence-corrected chi connectivity index (χ1v) is 7.18. The van der Waals surface area contributed by atoms with Crippen molar-refractivity contribution in [3.05, 3.63) is 40.6 Å². The van der Waals surface area contributed by atoms with Crippen LogP contribution in [0.2, 0.25) is 0 Å². The summed E-state index contributed by atoms with van der Waals surface area (Å²) in [6.07, 6.45) is 3.69. The molecule has 0 amide bonds. The Morgan fingerprint density at radius 1 is 1.50 bits per heavy atom. The molecule has 106 valence electrons. The molecule has 0 saturated carbocycles. The van der Waals surface area contributed by atoms with Crippen LogP contribution in [0.5, 0.6) is 0 Å². The van der Waals surface area contributed by atoms with Gasteiger partial charge in [-0.15, -0.1) is 0 Å². The van der Waals surface area contributed by atoms with Gasteiger partial charge >= 0.3 is 0 Å². The van der Waals surface area contributed by atoms with E-state index in [0.717, 1.165) is 28.0 Å². The van der Waals surface area contributed by atoms with Gasteiger partial charge in [-0.2, -0.15) is 5.10 Å². The average Bonchev–Trinajstić information content (AvgIpc) is 2.83. The first-order valence-electron chi connectivity index (χ1n) is 5.98. The van der Waals surface area contributed by atoms with Gasteiger partial charge in [0.2, 0.25) is 0 Å². The van der Waals surface area contributed by atoms with Crippen LogP contribution < -0.4 is 11.1 Å². The molecule has 0 radical (unpaired) electrons. The summed E-state index contributed by atoms with van der Waals surface area (Å²) in [7, 11) is 1.67. The second kappa shape index (κ2) is 6.83. The first kappa shape index (κ1) is 15.0. The number of anilines is 2. The van der Waals surface area contributed by atoms with E-state index in [9.17, 15) is 0 Å². The zero-order valence-electron chi connectivity index (χ0n) is 11.0. The van der Waals surface area contributed by atoms with E-state index in [4.69, 9.17) is 22.7 Å². The van der Waals surface area contributed by atoms with Gasteiger partial charge in [0, 0.05) is 29.0 Å². The Hall–Kier alpha value is -1.44. The lowest BCUT2D eigenvalue weighted by Gasteiger charge is -2.07. The second-order valence-corrected chi connectivity index (χ2v) is 5.46. The van der Waals surface area contributed by atoms with E-state index < -0.39 is 0 Å². The SMILES string of the molecule is COCCn1cc(Nc2ccc(C(N)=S)c(Br)c2)cn1. The van der Waals surface area contributed by atoms with Gasteiger partial charge in [0.15, 0.2) is 0 Å². The highest BCUT2D eigenvalue weighted by Crippen LogP contribution is 2.24. The Balaban J connectivity index is 2.08. The molecule has 0 saturated heterocycles. The fourth-order valence-electron chi connectivity index (χ4n) is 1.69. The number of nitrogens with two attached hydrogens (primary N) is 1. The highest BCUT2D eigenvalue weighted by molar-refractivity contribution is 9.10. The number of benzene rings is 1. The van der Waals surface area contributed by atoms with Crippen molar-refractivity contribution in [2.24, 2.45) is 5.73 Å². The van der Waals surface area contributed by atoms with E-state index in [0.29, 0.717) is 11.6 Å². The van der Waals surface area contributed by atoms with Crippen LogP contribution in [0.3, 0.4) is 0 Å². The van der Waals surface area contributed by atoms with Crippen LogP contribution in [0.1, 0.15) is 5.56 Å². The minimum atomic E-state index is 0.371. The maximum atomic E-state index is 5.62. The van der Waals surface area contributed by atoms with Crippen LogP contribution >= 0.6 is 28.1 Å². The molecular weight excluding hydrogens is 340 g/mol. The van der Waals surface area contributed by atoms with Crippen LogP contribution in [0.25, 0.3) is 0 Å². The number of halogens is 1. The van der Waals surface area contributed by atoms with Crippen LogP contribution in [0, 0.1) is 0 Å². The Morgan fingerprint density at radius 3 is 2.95 bits per heavy atom. The molecule has 0 spiro atoms. The highest BCUT2D eigenvalue weighted by atomic mass is 79.9. The van der Waals surface area contributed by atoms with Gasteiger partial charge in [0.05, 0.1) is 25.0 Å². The van der Waals surface area contributed by atoms with Gasteiger partial charge < -0.3 is 15.8 Å². The van der Waals surface area contributed by atoms with Crippen LogP contribution in [-0.4, -0.2) is 28.5 Å². The molecule has 0 aliphatic rings. The maximum Gasteiger partial charge on any atom is 0.105 e. The van der Waals surface area contributed by atoms with Crippen LogP contribution in [0.15, 0.2) is 35.1 Å². The van der Waals surface area contributed by atoms with E-state index in [1.165, 1.54) is 0 Å². The summed E-state index contributed by atoms with van der Waals surface area (Å²) >= 11 is 8.42. The maximum absolute atomic E-state index is 5.62. The van der Waals surface area contributed by atoms with E-state index in [2.05, 4.69) is 26.3 Å². The van der Waals surface area contributed by atoms with Crippen molar-refractivity contribution in [1.82, 2.24) is 9.78 Å². The zero-order chi connectivity index (χ0) is 14.5. The van der Waals surface area contributed by atoms with Crippen molar-refractivity contribution in [3.8, 4) is 0 Å². The summed E-state index contributed by atoms with van der Waals surface area (Å²) in [5.41, 5.74) is 8.29. The third-order valence-electron chi connectivity index (χ3n) is 2.68. The van der Waals surface area contributed by atoms with Crippen molar-refractivity contribution in [2.75, 3.05) is 19.0 Å². The number of nitrogens with zero attached hydrogens (tertiary/aromatic N) is 2. The molecule has 0 aliphatic heterocycles. The van der Waals surface area contributed by atoms with Crippen molar-refractivity contribution in [1.29, 1.82) is 0 Å². The number of aromatic nitrogens is 2. The van der Waals surface area contributed by atoms with E-state index in [-0.39, 0.29) is 0 Å². The summed E-state index contributed by atoms with van der Waals surface area (Å²) in [5, 5.41) is 7.51. The van der Waals surface area contributed by atoms with E-state index in [1.54, 1.807) is 13.3 Å². The molecule has 7 heteroatoms. The van der Waals surface area contributed by atoms with E-state index in [1.807, 2.05) is 29.1 Å². The van der Waals surface area contributed by atoms with Gasteiger partial charge in [0.25, 0.3) is 0 Å². The van der Waals surface area contributed by atoms with Crippen LogP contribution in [-0.2, 0) is 11.3 Å². The average molecular weight is 355 g/mol. The molecule has 1 heterocycles. The summed E-state index contributed by atoms with van der Waals surface area (Å²) in [5.74, 6) is 0. The Bertz CT molecular complexity index is 614. The molecule has 2 aromatic rings. The summed E-state index contributed by atoms with van der Waals surface area (Å²) in [6, 6.07) is 5.73. The molecule has 0 atom stereocenters. The number of rotatable bonds is 6. The predicted octanol–water partition coefficient (Wildman–Crippen LogP) is 2.67. The number of thiocarbonyl (C=S) groups is 1. The second-order valence-electron chi connectivity index (χ2n) is 4.17. The molecule has 3 N–H and O–H groups in total. The van der Waals surface area contributed by atoms with Crippen molar-refractivity contribution >= 4 is 44.5 Å². The van der Waals surface area contributed by atoms with Gasteiger partial charge in [-0.3, -0.25) is 4.68 Å². The third-order valence-corrected chi connectivity index (χ3v) is 3.56. The van der Waals surface area contributed by atoms with E-state index >= 15 is 0 Å². The lowest BCUT2D eigenvalue weighted by Crippen LogP contribution is -2.10. The predicted molar refractivity (Wildman–Crippen MR) is 87.4 cm³/mol. The standard InChI is InChI=1S/C13H15BrN4OS/c1-19-5-4-18-8-10(7-16-18)17-9-2-3-11(13(15)20)12(14)6-9/h2-3,6-8,17H,4-5H2,1H3,(H2,15,20). The van der Waals surface area contributed by atoms with Crippen molar-refractivity contribution in [2.45, 2.75) is 6.54 Å². The molecule has 20 heavy (non-hydrogen) atoms. The quantitative estimate of drug-likeness (QED) is 0.780. The number of ether oxygens (including phenoxy) is 1. The molecule has 0 aliphatic carbocycles. The molecule has 0 bridgehead atoms. The largest absolute Gasteiger partial charge is 0.389 e. The Morgan fingerprint density at radius 2 is 2.30 bits per heavy atom.